The maximum atomic E-state index is 12.6. The van der Waals surface area contributed by atoms with Gasteiger partial charge in [0.15, 0.2) is 0 Å². The summed E-state index contributed by atoms with van der Waals surface area (Å²) in [6.45, 7) is 0.516. The molecular formula is C14H21ClN4O2S. The van der Waals surface area contributed by atoms with E-state index in [9.17, 15) is 8.42 Å². The van der Waals surface area contributed by atoms with Crippen LogP contribution >= 0.6 is 12.4 Å². The number of H-pyrrole nitrogens is 1. The number of hydrogen-bond acceptors (Lipinski definition) is 4. The van der Waals surface area contributed by atoms with Gasteiger partial charge in [0, 0.05) is 23.8 Å². The molecule has 0 bridgehead atoms. The van der Waals surface area contributed by atoms with Crippen molar-refractivity contribution in [3.63, 3.8) is 0 Å². The number of nitrogens with two attached hydrogens (primary N) is 1. The van der Waals surface area contributed by atoms with Crippen LogP contribution in [0.15, 0.2) is 29.4 Å². The van der Waals surface area contributed by atoms with Crippen molar-refractivity contribution in [2.24, 2.45) is 11.7 Å². The first-order valence-corrected chi connectivity index (χ1v) is 8.74. The molecule has 3 rings (SSSR count). The SMILES string of the molecule is Cl.NCC1CCCCC1NS(=O)(=O)c1c[nH]c2ncccc12. The third-order valence-corrected chi connectivity index (χ3v) is 5.75. The number of nitrogens with one attached hydrogen (secondary N) is 2. The highest BCUT2D eigenvalue weighted by Crippen LogP contribution is 2.27. The minimum Gasteiger partial charge on any atom is -0.345 e. The van der Waals surface area contributed by atoms with E-state index in [0.717, 1.165) is 25.7 Å². The monoisotopic (exact) mass is 344 g/mol. The maximum Gasteiger partial charge on any atom is 0.243 e. The fourth-order valence-electron chi connectivity index (χ4n) is 3.06. The Morgan fingerprint density at radius 3 is 2.91 bits per heavy atom. The van der Waals surface area contributed by atoms with Crippen molar-refractivity contribution in [1.82, 2.24) is 14.7 Å². The summed E-state index contributed by atoms with van der Waals surface area (Å²) in [6, 6.07) is 3.42. The van der Waals surface area contributed by atoms with Crippen molar-refractivity contribution in [3.8, 4) is 0 Å². The smallest absolute Gasteiger partial charge is 0.243 e. The molecule has 4 N–H and O–H groups in total. The van der Waals surface area contributed by atoms with Gasteiger partial charge in [0.25, 0.3) is 0 Å². The van der Waals surface area contributed by atoms with Gasteiger partial charge in [0.2, 0.25) is 10.0 Å². The first-order chi connectivity index (χ1) is 10.1. The number of pyridine rings is 1. The molecule has 2 heterocycles. The van der Waals surface area contributed by atoms with Crippen molar-refractivity contribution < 1.29 is 8.42 Å². The van der Waals surface area contributed by atoms with Crippen LogP contribution in [-0.4, -0.2) is 31.0 Å². The topological polar surface area (TPSA) is 101 Å². The molecule has 8 heteroatoms. The fourth-order valence-corrected chi connectivity index (χ4v) is 4.56. The van der Waals surface area contributed by atoms with Crippen LogP contribution in [0.2, 0.25) is 0 Å². The standard InChI is InChI=1S/C14H20N4O2S.ClH/c15-8-10-4-1-2-6-12(10)18-21(19,20)13-9-17-14-11(13)5-3-7-16-14;/h3,5,7,9-10,12,18H,1-2,4,6,8,15H2,(H,16,17);1H. The number of halogens is 1. The molecule has 22 heavy (non-hydrogen) atoms. The molecule has 2 aromatic rings. The first-order valence-electron chi connectivity index (χ1n) is 7.26. The van der Waals surface area contributed by atoms with Crippen LogP contribution in [0.1, 0.15) is 25.7 Å². The Balaban J connectivity index is 0.00000176. The number of nitrogens with zero attached hydrogens (tertiary/aromatic N) is 1. The van der Waals surface area contributed by atoms with Gasteiger partial charge in [-0.25, -0.2) is 18.1 Å². The van der Waals surface area contributed by atoms with E-state index in [2.05, 4.69) is 14.7 Å². The van der Waals surface area contributed by atoms with Gasteiger partial charge in [-0.15, -0.1) is 12.4 Å². The molecule has 0 spiro atoms. The minimum atomic E-state index is -3.56. The highest BCUT2D eigenvalue weighted by Gasteiger charge is 2.29. The Labute approximate surface area is 136 Å². The summed E-state index contributed by atoms with van der Waals surface area (Å²) in [7, 11) is -3.56. The quantitative estimate of drug-likeness (QED) is 0.786. The lowest BCUT2D eigenvalue weighted by Gasteiger charge is -2.30. The molecule has 1 saturated carbocycles. The second-order valence-electron chi connectivity index (χ2n) is 5.56. The number of aromatic amines is 1. The summed E-state index contributed by atoms with van der Waals surface area (Å²) in [5, 5.41) is 0.616. The highest BCUT2D eigenvalue weighted by molar-refractivity contribution is 7.89. The van der Waals surface area contributed by atoms with Crippen LogP contribution in [0.3, 0.4) is 0 Å². The molecule has 0 aliphatic heterocycles. The molecule has 0 amide bonds. The molecule has 0 saturated heterocycles. The van der Waals surface area contributed by atoms with E-state index in [1.165, 1.54) is 6.20 Å². The Bertz CT molecular complexity index is 731. The van der Waals surface area contributed by atoms with Crippen LogP contribution in [0.4, 0.5) is 0 Å². The van der Waals surface area contributed by atoms with Gasteiger partial charge in [-0.1, -0.05) is 12.8 Å². The van der Waals surface area contributed by atoms with Crippen LogP contribution in [0.5, 0.6) is 0 Å². The van der Waals surface area contributed by atoms with Gasteiger partial charge in [-0.05, 0) is 37.4 Å². The predicted octanol–water partition coefficient (Wildman–Crippen LogP) is 1.78. The van der Waals surface area contributed by atoms with Crippen LogP contribution in [0.25, 0.3) is 11.0 Å². The van der Waals surface area contributed by atoms with E-state index in [1.807, 2.05) is 0 Å². The highest BCUT2D eigenvalue weighted by atomic mass is 35.5. The fraction of sp³-hybridized carbons (Fsp3) is 0.500. The molecule has 122 valence electrons. The molecule has 0 aromatic carbocycles. The molecule has 2 unspecified atom stereocenters. The Morgan fingerprint density at radius 2 is 2.14 bits per heavy atom. The molecule has 0 radical (unpaired) electrons. The summed E-state index contributed by atoms with van der Waals surface area (Å²) in [5.41, 5.74) is 6.35. The van der Waals surface area contributed by atoms with E-state index >= 15 is 0 Å². The van der Waals surface area contributed by atoms with Gasteiger partial charge in [-0.2, -0.15) is 0 Å². The van der Waals surface area contributed by atoms with Crippen LogP contribution < -0.4 is 10.5 Å². The minimum absolute atomic E-state index is 0. The normalized spacial score (nSPS) is 22.4. The largest absolute Gasteiger partial charge is 0.345 e. The Morgan fingerprint density at radius 1 is 1.36 bits per heavy atom. The number of hydrogen-bond donors (Lipinski definition) is 3. The summed E-state index contributed by atoms with van der Waals surface area (Å²) < 4.78 is 28.1. The lowest BCUT2D eigenvalue weighted by Crippen LogP contribution is -2.44. The van der Waals surface area contributed by atoms with Gasteiger partial charge in [0.05, 0.1) is 0 Å². The van der Waals surface area contributed by atoms with Crippen molar-refractivity contribution >= 4 is 33.5 Å². The van der Waals surface area contributed by atoms with E-state index < -0.39 is 10.0 Å². The van der Waals surface area contributed by atoms with Crippen LogP contribution in [0, 0.1) is 5.92 Å². The lowest BCUT2D eigenvalue weighted by atomic mass is 9.85. The molecule has 1 aliphatic carbocycles. The van der Waals surface area contributed by atoms with Gasteiger partial charge in [-0.3, -0.25) is 0 Å². The summed E-state index contributed by atoms with van der Waals surface area (Å²) in [5.74, 6) is 0.219. The van der Waals surface area contributed by atoms with Crippen molar-refractivity contribution in [2.75, 3.05) is 6.54 Å². The summed E-state index contributed by atoms with van der Waals surface area (Å²) in [4.78, 5) is 7.28. The predicted molar refractivity (Wildman–Crippen MR) is 88.5 cm³/mol. The average Bonchev–Trinajstić information content (AvgIpc) is 2.92. The van der Waals surface area contributed by atoms with E-state index in [0.29, 0.717) is 17.6 Å². The number of fused-ring (bicyclic) bond motifs is 1. The van der Waals surface area contributed by atoms with Crippen molar-refractivity contribution in [2.45, 2.75) is 36.6 Å². The zero-order valence-corrected chi connectivity index (χ0v) is 13.8. The number of sulfonamides is 1. The third kappa shape index (κ3) is 3.27. The molecule has 2 aromatic heterocycles. The second-order valence-corrected chi connectivity index (χ2v) is 7.24. The van der Waals surface area contributed by atoms with Gasteiger partial charge < -0.3 is 10.7 Å². The van der Waals surface area contributed by atoms with E-state index in [4.69, 9.17) is 5.73 Å². The lowest BCUT2D eigenvalue weighted by molar-refractivity contribution is 0.296. The van der Waals surface area contributed by atoms with Crippen LogP contribution in [-0.2, 0) is 10.0 Å². The van der Waals surface area contributed by atoms with Gasteiger partial charge >= 0.3 is 0 Å². The van der Waals surface area contributed by atoms with Crippen molar-refractivity contribution in [1.29, 1.82) is 0 Å². The zero-order valence-electron chi connectivity index (χ0n) is 12.2. The molecule has 1 fully saturated rings. The second kappa shape index (κ2) is 6.95. The maximum absolute atomic E-state index is 12.6. The zero-order chi connectivity index (χ0) is 14.9. The molecule has 2 atom stereocenters. The molecule has 6 nitrogen and oxygen atoms in total. The number of rotatable bonds is 4. The molecular weight excluding hydrogens is 324 g/mol. The first kappa shape index (κ1) is 17.2. The third-order valence-electron chi connectivity index (χ3n) is 4.22. The van der Waals surface area contributed by atoms with E-state index in [-0.39, 0.29) is 29.3 Å². The summed E-state index contributed by atoms with van der Waals surface area (Å²) in [6.07, 6.45) is 7.13. The van der Waals surface area contributed by atoms with Crippen molar-refractivity contribution in [3.05, 3.63) is 24.5 Å². The Hall–Kier alpha value is -1.15. The number of aromatic nitrogens is 2. The van der Waals surface area contributed by atoms with E-state index in [1.54, 1.807) is 18.3 Å². The molecule has 1 aliphatic rings. The Kier molecular flexibility index (Phi) is 5.44. The average molecular weight is 345 g/mol. The van der Waals surface area contributed by atoms with Gasteiger partial charge in [0.1, 0.15) is 10.5 Å². The summed E-state index contributed by atoms with van der Waals surface area (Å²) >= 11 is 0.